The van der Waals surface area contributed by atoms with Crippen molar-refractivity contribution in [3.8, 4) is 0 Å². The molecular formula is C13H15NO3. The summed E-state index contributed by atoms with van der Waals surface area (Å²) in [5.74, 6) is -0.217. The number of carboxylic acid groups (broad SMARTS) is 1. The van der Waals surface area contributed by atoms with E-state index in [0.29, 0.717) is 11.5 Å². The smallest absolute Gasteiger partial charge is 0.304 e. The van der Waals surface area contributed by atoms with Crippen LogP contribution in [0.5, 0.6) is 0 Å². The molecule has 0 aliphatic heterocycles. The summed E-state index contributed by atoms with van der Waals surface area (Å²) >= 11 is 0. The Morgan fingerprint density at radius 3 is 2.82 bits per heavy atom. The van der Waals surface area contributed by atoms with Crippen molar-refractivity contribution in [2.45, 2.75) is 32.6 Å². The molecule has 0 radical (unpaired) electrons. The normalized spacial score (nSPS) is 11.9. The van der Waals surface area contributed by atoms with Crippen molar-refractivity contribution < 1.29 is 14.3 Å². The summed E-state index contributed by atoms with van der Waals surface area (Å²) in [7, 11) is 0. The highest BCUT2D eigenvalue weighted by Crippen LogP contribution is 2.32. The van der Waals surface area contributed by atoms with Gasteiger partial charge in [-0.15, -0.1) is 0 Å². The van der Waals surface area contributed by atoms with Gasteiger partial charge in [-0.05, 0) is 11.6 Å². The zero-order valence-electron chi connectivity index (χ0n) is 10.2. The van der Waals surface area contributed by atoms with Gasteiger partial charge in [-0.3, -0.25) is 4.79 Å². The van der Waals surface area contributed by atoms with Crippen molar-refractivity contribution >= 4 is 17.1 Å². The molecule has 0 fully saturated rings. The minimum absolute atomic E-state index is 0.0675. The van der Waals surface area contributed by atoms with Crippen LogP contribution < -0.4 is 0 Å². The maximum Gasteiger partial charge on any atom is 0.304 e. The number of hydrogen-bond donors (Lipinski definition) is 1. The third-order valence-corrected chi connectivity index (χ3v) is 2.85. The largest absolute Gasteiger partial charge is 0.481 e. The summed E-state index contributed by atoms with van der Waals surface area (Å²) < 4.78 is 5.45. The van der Waals surface area contributed by atoms with E-state index in [1.807, 2.05) is 32.0 Å². The van der Waals surface area contributed by atoms with Gasteiger partial charge in [-0.25, -0.2) is 4.98 Å². The molecule has 0 spiro atoms. The van der Waals surface area contributed by atoms with Crippen LogP contribution in [0.2, 0.25) is 0 Å². The molecule has 0 bridgehead atoms. The van der Waals surface area contributed by atoms with Crippen molar-refractivity contribution in [2.75, 3.05) is 0 Å². The molecule has 17 heavy (non-hydrogen) atoms. The summed E-state index contributed by atoms with van der Waals surface area (Å²) in [6.45, 7) is 5.59. The molecule has 0 saturated carbocycles. The van der Waals surface area contributed by atoms with Crippen LogP contribution in [0.1, 0.15) is 31.7 Å². The first-order chi connectivity index (χ1) is 7.90. The van der Waals surface area contributed by atoms with Crippen LogP contribution in [0.3, 0.4) is 0 Å². The van der Waals surface area contributed by atoms with E-state index in [-0.39, 0.29) is 6.42 Å². The third-order valence-electron chi connectivity index (χ3n) is 2.85. The summed E-state index contributed by atoms with van der Waals surface area (Å²) in [6.07, 6.45) is 0.0675. The first kappa shape index (κ1) is 11.6. The summed E-state index contributed by atoms with van der Waals surface area (Å²) in [6, 6.07) is 5.62. The Labute approximate surface area is 99.3 Å². The molecule has 2 aromatic rings. The molecule has 90 valence electrons. The minimum Gasteiger partial charge on any atom is -0.481 e. The van der Waals surface area contributed by atoms with Crippen LogP contribution in [0, 0.1) is 6.92 Å². The Kier molecular flexibility index (Phi) is 2.65. The van der Waals surface area contributed by atoms with E-state index in [4.69, 9.17) is 9.52 Å². The van der Waals surface area contributed by atoms with Crippen LogP contribution >= 0.6 is 0 Å². The Morgan fingerprint density at radius 1 is 1.47 bits per heavy atom. The van der Waals surface area contributed by atoms with Gasteiger partial charge in [0.25, 0.3) is 0 Å². The van der Waals surface area contributed by atoms with Crippen molar-refractivity contribution in [3.05, 3.63) is 29.7 Å². The number of rotatable bonds is 3. The molecule has 0 saturated heterocycles. The maximum atomic E-state index is 10.9. The second kappa shape index (κ2) is 3.87. The van der Waals surface area contributed by atoms with Gasteiger partial charge < -0.3 is 9.52 Å². The Morgan fingerprint density at radius 2 is 2.18 bits per heavy atom. The van der Waals surface area contributed by atoms with Gasteiger partial charge in [0, 0.05) is 12.3 Å². The van der Waals surface area contributed by atoms with Crippen LogP contribution in [0.25, 0.3) is 11.1 Å². The molecule has 0 amide bonds. The molecule has 1 N–H and O–H groups in total. The first-order valence-corrected chi connectivity index (χ1v) is 5.48. The van der Waals surface area contributed by atoms with E-state index in [0.717, 1.165) is 11.1 Å². The number of aliphatic carboxylic acids is 1. The Balaban J connectivity index is 2.57. The van der Waals surface area contributed by atoms with Gasteiger partial charge in [0.05, 0.1) is 6.42 Å². The lowest BCUT2D eigenvalue weighted by atomic mass is 9.81. The van der Waals surface area contributed by atoms with Crippen LogP contribution in [-0.2, 0) is 10.2 Å². The molecule has 4 nitrogen and oxygen atoms in total. The third kappa shape index (κ3) is 2.16. The van der Waals surface area contributed by atoms with Crippen LogP contribution in [0.15, 0.2) is 22.6 Å². The van der Waals surface area contributed by atoms with Gasteiger partial charge in [0.2, 0.25) is 0 Å². The van der Waals surface area contributed by atoms with E-state index in [2.05, 4.69) is 4.98 Å². The molecule has 0 aliphatic rings. The molecule has 0 aliphatic carbocycles. The lowest BCUT2D eigenvalue weighted by Gasteiger charge is -2.22. The molecule has 1 aromatic heterocycles. The molecule has 4 heteroatoms. The van der Waals surface area contributed by atoms with E-state index < -0.39 is 11.4 Å². The van der Waals surface area contributed by atoms with Crippen molar-refractivity contribution in [1.29, 1.82) is 0 Å². The standard InChI is InChI=1S/C13H15NO3/c1-8-14-12-9(5-4-6-10(12)17-8)13(2,3)7-11(15)16/h4-6H,7H2,1-3H3,(H,15,16). The predicted octanol–water partition coefficient (Wildman–Crippen LogP) is 2.89. The zero-order chi connectivity index (χ0) is 12.6. The molecule has 0 unspecified atom stereocenters. The predicted molar refractivity (Wildman–Crippen MR) is 64.0 cm³/mol. The number of benzene rings is 1. The number of para-hydroxylation sites is 1. The topological polar surface area (TPSA) is 63.3 Å². The van der Waals surface area contributed by atoms with Crippen molar-refractivity contribution in [1.82, 2.24) is 4.98 Å². The van der Waals surface area contributed by atoms with Crippen molar-refractivity contribution in [2.24, 2.45) is 0 Å². The van der Waals surface area contributed by atoms with E-state index in [1.54, 1.807) is 6.92 Å². The number of fused-ring (bicyclic) bond motifs is 1. The summed E-state index contributed by atoms with van der Waals surface area (Å²) in [5, 5.41) is 8.94. The quantitative estimate of drug-likeness (QED) is 0.885. The molecule has 1 aromatic carbocycles. The summed E-state index contributed by atoms with van der Waals surface area (Å²) in [4.78, 5) is 15.2. The Hall–Kier alpha value is -1.84. The van der Waals surface area contributed by atoms with Gasteiger partial charge in [0.15, 0.2) is 11.5 Å². The number of aryl methyl sites for hydroxylation is 1. The van der Waals surface area contributed by atoms with E-state index in [1.165, 1.54) is 0 Å². The molecule has 1 heterocycles. The SMILES string of the molecule is Cc1nc2c(C(C)(C)CC(=O)O)cccc2o1. The maximum absolute atomic E-state index is 10.9. The lowest BCUT2D eigenvalue weighted by molar-refractivity contribution is -0.138. The average Bonchev–Trinajstić information content (AvgIpc) is 2.54. The highest BCUT2D eigenvalue weighted by molar-refractivity contribution is 5.79. The fourth-order valence-electron chi connectivity index (χ4n) is 2.08. The van der Waals surface area contributed by atoms with E-state index >= 15 is 0 Å². The number of carboxylic acids is 1. The van der Waals surface area contributed by atoms with Gasteiger partial charge >= 0.3 is 5.97 Å². The van der Waals surface area contributed by atoms with Crippen LogP contribution in [0.4, 0.5) is 0 Å². The van der Waals surface area contributed by atoms with Crippen molar-refractivity contribution in [3.63, 3.8) is 0 Å². The number of hydrogen-bond acceptors (Lipinski definition) is 3. The summed E-state index contributed by atoms with van der Waals surface area (Å²) in [5.41, 5.74) is 1.92. The fourth-order valence-corrected chi connectivity index (χ4v) is 2.08. The average molecular weight is 233 g/mol. The molecule has 2 rings (SSSR count). The van der Waals surface area contributed by atoms with Gasteiger partial charge in [0.1, 0.15) is 5.52 Å². The fraction of sp³-hybridized carbons (Fsp3) is 0.385. The van der Waals surface area contributed by atoms with Gasteiger partial charge in [-0.2, -0.15) is 0 Å². The second-order valence-corrected chi connectivity index (χ2v) is 4.84. The minimum atomic E-state index is -0.813. The zero-order valence-corrected chi connectivity index (χ0v) is 10.2. The van der Waals surface area contributed by atoms with E-state index in [9.17, 15) is 4.79 Å². The number of nitrogens with zero attached hydrogens (tertiary/aromatic N) is 1. The highest BCUT2D eigenvalue weighted by Gasteiger charge is 2.27. The number of carbonyl (C=O) groups is 1. The molecule has 0 atom stereocenters. The lowest BCUT2D eigenvalue weighted by Crippen LogP contribution is -2.22. The monoisotopic (exact) mass is 233 g/mol. The second-order valence-electron chi connectivity index (χ2n) is 4.84. The number of oxazole rings is 1. The highest BCUT2D eigenvalue weighted by atomic mass is 16.4. The first-order valence-electron chi connectivity index (χ1n) is 5.48. The Bertz CT molecular complexity index is 569. The number of aromatic nitrogens is 1. The molecular weight excluding hydrogens is 218 g/mol. The van der Waals surface area contributed by atoms with Crippen LogP contribution in [-0.4, -0.2) is 16.1 Å². The van der Waals surface area contributed by atoms with Gasteiger partial charge in [-0.1, -0.05) is 26.0 Å².